The van der Waals surface area contributed by atoms with Crippen LogP contribution in [0.5, 0.6) is 0 Å². The van der Waals surface area contributed by atoms with E-state index in [1.807, 2.05) is 0 Å². The summed E-state index contributed by atoms with van der Waals surface area (Å²) in [6.07, 6.45) is 1.43. The fourth-order valence-electron chi connectivity index (χ4n) is 3.78. The third-order valence-electron chi connectivity index (χ3n) is 5.70. The fraction of sp³-hybridized carbons (Fsp3) is 0.409. The Kier molecular flexibility index (Phi) is 7.12. The van der Waals surface area contributed by atoms with Crippen LogP contribution in [-0.4, -0.2) is 86.6 Å². The molecule has 2 aliphatic heterocycles. The van der Waals surface area contributed by atoms with E-state index in [9.17, 15) is 22.8 Å². The van der Waals surface area contributed by atoms with Crippen LogP contribution in [-0.2, 0) is 26.5 Å². The Bertz CT molecular complexity index is 1230. The summed E-state index contributed by atoms with van der Waals surface area (Å²) in [5.74, 6) is -0.851. The Balaban J connectivity index is 1.51. The van der Waals surface area contributed by atoms with Crippen LogP contribution in [0, 0.1) is 0 Å². The monoisotopic (exact) mass is 490 g/mol. The van der Waals surface area contributed by atoms with Crippen LogP contribution in [0.15, 0.2) is 46.2 Å². The van der Waals surface area contributed by atoms with Gasteiger partial charge >= 0.3 is 0 Å². The lowest BCUT2D eigenvalue weighted by Crippen LogP contribution is -2.41. The van der Waals surface area contributed by atoms with Crippen LogP contribution >= 0.6 is 0 Å². The zero-order chi connectivity index (χ0) is 24.3. The Morgan fingerprint density at radius 2 is 1.50 bits per heavy atom. The number of amides is 2. The molecule has 0 saturated carbocycles. The van der Waals surface area contributed by atoms with E-state index in [1.165, 1.54) is 52.4 Å². The molecule has 1 aromatic heterocycles. The summed E-state index contributed by atoms with van der Waals surface area (Å²) >= 11 is 0. The van der Waals surface area contributed by atoms with Crippen molar-refractivity contribution in [1.29, 1.82) is 0 Å². The predicted molar refractivity (Wildman–Crippen MR) is 122 cm³/mol. The molecule has 3 heterocycles. The molecule has 0 atom stereocenters. The van der Waals surface area contributed by atoms with Gasteiger partial charge in [-0.05, 0) is 30.3 Å². The van der Waals surface area contributed by atoms with E-state index < -0.39 is 21.5 Å². The van der Waals surface area contributed by atoms with Gasteiger partial charge in [-0.3, -0.25) is 14.4 Å². The second kappa shape index (κ2) is 10.1. The Morgan fingerprint density at radius 1 is 0.912 bits per heavy atom. The van der Waals surface area contributed by atoms with E-state index in [-0.39, 0.29) is 40.7 Å². The van der Waals surface area contributed by atoms with E-state index in [0.717, 1.165) is 0 Å². The number of nitrogens with one attached hydrogen (secondary N) is 1. The van der Waals surface area contributed by atoms with Gasteiger partial charge in [0.25, 0.3) is 17.4 Å². The molecule has 2 fully saturated rings. The highest BCUT2D eigenvalue weighted by molar-refractivity contribution is 7.89. The number of ether oxygens (including phenoxy) is 2. The SMILES string of the molecule is Cn1cc(C(=O)N2CCOCC2)cc(NC(=O)c2ccc(S(=O)(=O)N3CCOCC3)cc2)c1=O. The number of pyridine rings is 1. The lowest BCUT2D eigenvalue weighted by atomic mass is 10.2. The molecule has 0 unspecified atom stereocenters. The van der Waals surface area contributed by atoms with E-state index in [1.54, 1.807) is 4.90 Å². The van der Waals surface area contributed by atoms with Gasteiger partial charge in [0.1, 0.15) is 5.69 Å². The van der Waals surface area contributed by atoms with Gasteiger partial charge in [0, 0.05) is 45.0 Å². The number of sulfonamides is 1. The van der Waals surface area contributed by atoms with Crippen molar-refractivity contribution in [2.24, 2.45) is 7.05 Å². The molecular formula is C22H26N4O7S. The fourth-order valence-corrected chi connectivity index (χ4v) is 5.18. The quantitative estimate of drug-likeness (QED) is 0.631. The smallest absolute Gasteiger partial charge is 0.274 e. The van der Waals surface area contributed by atoms with E-state index >= 15 is 0 Å². The largest absolute Gasteiger partial charge is 0.379 e. The summed E-state index contributed by atoms with van der Waals surface area (Å²) in [5.41, 5.74) is -0.0749. The first-order valence-electron chi connectivity index (χ1n) is 10.8. The Hall–Kier alpha value is -3.06. The van der Waals surface area contributed by atoms with Gasteiger partial charge in [-0.15, -0.1) is 0 Å². The number of aromatic nitrogens is 1. The van der Waals surface area contributed by atoms with Crippen molar-refractivity contribution < 1.29 is 27.5 Å². The number of hydrogen-bond acceptors (Lipinski definition) is 7. The van der Waals surface area contributed by atoms with Gasteiger partial charge in [0.2, 0.25) is 10.0 Å². The minimum absolute atomic E-state index is 0.0448. The van der Waals surface area contributed by atoms with Crippen molar-refractivity contribution in [3.8, 4) is 0 Å². The lowest BCUT2D eigenvalue weighted by Gasteiger charge is -2.27. The van der Waals surface area contributed by atoms with Crippen molar-refractivity contribution in [2.45, 2.75) is 4.90 Å². The standard InChI is InChI=1S/C22H26N4O7S/c1-24-15-17(21(28)25-6-10-32-11-7-25)14-19(22(24)29)23-20(27)16-2-4-18(5-3-16)34(30,31)26-8-12-33-13-9-26/h2-5,14-15H,6-13H2,1H3,(H,23,27). The molecule has 2 amide bonds. The number of morpholine rings is 2. The summed E-state index contributed by atoms with van der Waals surface area (Å²) in [4.78, 5) is 39.8. The Morgan fingerprint density at radius 3 is 2.12 bits per heavy atom. The van der Waals surface area contributed by atoms with Crippen molar-refractivity contribution >= 4 is 27.5 Å². The van der Waals surface area contributed by atoms with E-state index in [2.05, 4.69) is 5.32 Å². The second-order valence-corrected chi connectivity index (χ2v) is 9.90. The zero-order valence-corrected chi connectivity index (χ0v) is 19.5. The maximum Gasteiger partial charge on any atom is 0.274 e. The first kappa shape index (κ1) is 24.1. The molecule has 0 spiro atoms. The number of carbonyl (C=O) groups is 2. The van der Waals surface area contributed by atoms with Gasteiger partial charge in [-0.25, -0.2) is 8.42 Å². The summed E-state index contributed by atoms with van der Waals surface area (Å²) in [5, 5.41) is 2.54. The average Bonchev–Trinajstić information content (AvgIpc) is 2.87. The molecule has 4 rings (SSSR count). The molecule has 1 N–H and O–H groups in total. The van der Waals surface area contributed by atoms with Crippen molar-refractivity contribution in [3.63, 3.8) is 0 Å². The number of nitrogens with zero attached hydrogens (tertiary/aromatic N) is 3. The molecule has 2 aliphatic rings. The van der Waals surface area contributed by atoms with Crippen LogP contribution in [0.2, 0.25) is 0 Å². The molecular weight excluding hydrogens is 464 g/mol. The molecule has 2 saturated heterocycles. The summed E-state index contributed by atoms with van der Waals surface area (Å²) in [6.45, 7) is 2.99. The number of anilines is 1. The highest BCUT2D eigenvalue weighted by Crippen LogP contribution is 2.18. The molecule has 1 aromatic carbocycles. The maximum atomic E-state index is 12.8. The third-order valence-corrected chi connectivity index (χ3v) is 7.61. The van der Waals surface area contributed by atoms with Gasteiger partial charge in [0.15, 0.2) is 0 Å². The normalized spacial score (nSPS) is 17.4. The first-order chi connectivity index (χ1) is 16.3. The highest BCUT2D eigenvalue weighted by atomic mass is 32.2. The van der Waals surface area contributed by atoms with Gasteiger partial charge in [0.05, 0.1) is 36.9 Å². The summed E-state index contributed by atoms with van der Waals surface area (Å²) < 4.78 is 38.6. The van der Waals surface area contributed by atoms with E-state index in [4.69, 9.17) is 9.47 Å². The predicted octanol–water partition coefficient (Wildman–Crippen LogP) is 0.131. The average molecular weight is 491 g/mol. The molecule has 0 aliphatic carbocycles. The Labute approximate surface area is 196 Å². The summed E-state index contributed by atoms with van der Waals surface area (Å²) in [7, 11) is -2.19. The molecule has 2 aromatic rings. The van der Waals surface area contributed by atoms with Crippen LogP contribution in [0.3, 0.4) is 0 Å². The molecule has 34 heavy (non-hydrogen) atoms. The number of rotatable bonds is 5. The molecule has 11 nitrogen and oxygen atoms in total. The van der Waals surface area contributed by atoms with Crippen molar-refractivity contribution in [2.75, 3.05) is 57.9 Å². The van der Waals surface area contributed by atoms with Crippen LogP contribution in [0.4, 0.5) is 5.69 Å². The number of benzene rings is 1. The third kappa shape index (κ3) is 5.04. The minimum atomic E-state index is -3.68. The van der Waals surface area contributed by atoms with Crippen LogP contribution in [0.25, 0.3) is 0 Å². The van der Waals surface area contributed by atoms with Crippen molar-refractivity contribution in [1.82, 2.24) is 13.8 Å². The lowest BCUT2D eigenvalue weighted by molar-refractivity contribution is 0.0302. The van der Waals surface area contributed by atoms with Crippen LogP contribution in [0.1, 0.15) is 20.7 Å². The number of aryl methyl sites for hydroxylation is 1. The molecule has 182 valence electrons. The maximum absolute atomic E-state index is 12.8. The number of carbonyl (C=O) groups excluding carboxylic acids is 2. The molecule has 12 heteroatoms. The molecule has 0 radical (unpaired) electrons. The van der Waals surface area contributed by atoms with E-state index in [0.29, 0.717) is 39.5 Å². The van der Waals surface area contributed by atoms with Gasteiger partial charge in [-0.2, -0.15) is 4.31 Å². The minimum Gasteiger partial charge on any atom is -0.379 e. The van der Waals surface area contributed by atoms with Gasteiger partial charge in [-0.1, -0.05) is 0 Å². The topological polar surface area (TPSA) is 127 Å². The highest BCUT2D eigenvalue weighted by Gasteiger charge is 2.26. The second-order valence-electron chi connectivity index (χ2n) is 7.96. The van der Waals surface area contributed by atoms with Crippen LogP contribution < -0.4 is 10.9 Å². The molecule has 0 bridgehead atoms. The summed E-state index contributed by atoms with van der Waals surface area (Å²) in [6, 6.07) is 6.84. The zero-order valence-electron chi connectivity index (χ0n) is 18.7. The first-order valence-corrected chi connectivity index (χ1v) is 12.3. The van der Waals surface area contributed by atoms with Gasteiger partial charge < -0.3 is 24.3 Å². The number of hydrogen-bond donors (Lipinski definition) is 1. The van der Waals surface area contributed by atoms with Crippen molar-refractivity contribution in [3.05, 3.63) is 58.0 Å².